The third kappa shape index (κ3) is 3.88. The Morgan fingerprint density at radius 2 is 1.83 bits per heavy atom. The third-order valence-corrected chi connectivity index (χ3v) is 5.35. The fourth-order valence-corrected chi connectivity index (χ4v) is 3.76. The van der Waals surface area contributed by atoms with Crippen LogP contribution in [0.15, 0.2) is 65.6 Å². The van der Waals surface area contributed by atoms with Crippen molar-refractivity contribution in [2.45, 2.75) is 6.92 Å². The summed E-state index contributed by atoms with van der Waals surface area (Å²) in [6.07, 6.45) is 1.46. The van der Waals surface area contributed by atoms with E-state index in [2.05, 4.69) is 25.5 Å². The molecule has 11 heteroatoms. The highest BCUT2D eigenvalue weighted by atomic mass is 16.5. The van der Waals surface area contributed by atoms with Crippen LogP contribution in [0.5, 0.6) is 11.5 Å². The molecule has 5 aromatic rings. The number of fused-ring (bicyclic) bond motifs is 1. The Bertz CT molecular complexity index is 1600. The van der Waals surface area contributed by atoms with E-state index in [1.165, 1.54) is 25.1 Å². The van der Waals surface area contributed by atoms with Crippen molar-refractivity contribution in [3.63, 3.8) is 0 Å². The Labute approximate surface area is 198 Å². The van der Waals surface area contributed by atoms with Crippen LogP contribution in [0.4, 0.5) is 5.82 Å². The van der Waals surface area contributed by atoms with Crippen LogP contribution in [0.3, 0.4) is 0 Å². The molecule has 2 aromatic carbocycles. The number of aryl methyl sites for hydroxylation is 1. The number of aromatic amines is 1. The highest BCUT2D eigenvalue weighted by Crippen LogP contribution is 2.31. The van der Waals surface area contributed by atoms with Gasteiger partial charge in [0.1, 0.15) is 11.2 Å². The number of rotatable bonds is 6. The molecule has 0 atom stereocenters. The van der Waals surface area contributed by atoms with E-state index >= 15 is 0 Å². The molecule has 0 saturated carbocycles. The minimum Gasteiger partial charge on any atom is -0.493 e. The lowest BCUT2D eigenvalue weighted by Crippen LogP contribution is -2.19. The van der Waals surface area contributed by atoms with Gasteiger partial charge in [-0.15, -0.1) is 0 Å². The first-order chi connectivity index (χ1) is 17.0. The van der Waals surface area contributed by atoms with Gasteiger partial charge in [0.2, 0.25) is 5.95 Å². The summed E-state index contributed by atoms with van der Waals surface area (Å²) in [7, 11) is 2.96. The van der Waals surface area contributed by atoms with Crippen LogP contribution in [-0.4, -0.2) is 49.7 Å². The quantitative estimate of drug-likeness (QED) is 0.390. The van der Waals surface area contributed by atoms with Crippen LogP contribution in [0.2, 0.25) is 0 Å². The summed E-state index contributed by atoms with van der Waals surface area (Å²) < 4.78 is 13.6. The number of hydrogen-bond acceptors (Lipinski definition) is 7. The summed E-state index contributed by atoms with van der Waals surface area (Å²) in [5.74, 6) is 0.719. The van der Waals surface area contributed by atoms with E-state index in [1.54, 1.807) is 35.9 Å². The number of nitrogens with one attached hydrogen (secondary N) is 2. The first-order valence-corrected chi connectivity index (χ1v) is 10.6. The van der Waals surface area contributed by atoms with Gasteiger partial charge in [-0.3, -0.25) is 14.6 Å². The van der Waals surface area contributed by atoms with Crippen LogP contribution in [0, 0.1) is 6.92 Å². The number of nitrogens with zero attached hydrogens (tertiary/aromatic N) is 5. The molecule has 5 rings (SSSR count). The zero-order valence-electron chi connectivity index (χ0n) is 19.1. The predicted octanol–water partition coefficient (Wildman–Crippen LogP) is 2.87. The predicted molar refractivity (Wildman–Crippen MR) is 129 cm³/mol. The van der Waals surface area contributed by atoms with Gasteiger partial charge >= 0.3 is 0 Å². The number of aromatic nitrogens is 6. The molecule has 35 heavy (non-hydrogen) atoms. The molecule has 176 valence electrons. The molecule has 3 aromatic heterocycles. The van der Waals surface area contributed by atoms with Crippen LogP contribution in [0.25, 0.3) is 22.7 Å². The first-order valence-electron chi connectivity index (χ1n) is 10.6. The molecule has 0 aliphatic rings. The second-order valence-electron chi connectivity index (χ2n) is 7.60. The van der Waals surface area contributed by atoms with Gasteiger partial charge in [0.15, 0.2) is 17.1 Å². The summed E-state index contributed by atoms with van der Waals surface area (Å²) in [5.41, 5.74) is 1.61. The summed E-state index contributed by atoms with van der Waals surface area (Å²) in [4.78, 5) is 33.3. The maximum absolute atomic E-state index is 13.1. The number of amides is 1. The fraction of sp³-hybridized carbons (Fsp3) is 0.125. The van der Waals surface area contributed by atoms with Crippen molar-refractivity contribution < 1.29 is 14.3 Å². The summed E-state index contributed by atoms with van der Waals surface area (Å²) in [6.45, 7) is 1.77. The van der Waals surface area contributed by atoms with E-state index in [0.29, 0.717) is 34.0 Å². The maximum Gasteiger partial charge on any atom is 0.263 e. The molecule has 1 amide bonds. The third-order valence-electron chi connectivity index (χ3n) is 5.35. The van der Waals surface area contributed by atoms with Crippen molar-refractivity contribution in [3.05, 3.63) is 82.4 Å². The Morgan fingerprint density at radius 1 is 1.03 bits per heavy atom. The second kappa shape index (κ2) is 8.78. The van der Waals surface area contributed by atoms with Gasteiger partial charge in [-0.05, 0) is 31.2 Å². The maximum atomic E-state index is 13.1. The Hall–Kier alpha value is -4.93. The van der Waals surface area contributed by atoms with Crippen molar-refractivity contribution in [3.8, 4) is 23.1 Å². The van der Waals surface area contributed by atoms with E-state index in [0.717, 1.165) is 5.69 Å². The van der Waals surface area contributed by atoms with Crippen molar-refractivity contribution in [2.75, 3.05) is 19.5 Å². The molecular weight excluding hydrogens is 450 g/mol. The first kappa shape index (κ1) is 21.9. The van der Waals surface area contributed by atoms with Crippen molar-refractivity contribution in [2.24, 2.45) is 0 Å². The van der Waals surface area contributed by atoms with Gasteiger partial charge in [0.25, 0.3) is 11.5 Å². The van der Waals surface area contributed by atoms with E-state index in [-0.39, 0.29) is 17.1 Å². The zero-order valence-corrected chi connectivity index (χ0v) is 19.1. The normalized spacial score (nSPS) is 10.9. The van der Waals surface area contributed by atoms with Gasteiger partial charge in [0.05, 0.1) is 37.4 Å². The van der Waals surface area contributed by atoms with Crippen molar-refractivity contribution in [1.82, 2.24) is 29.5 Å². The molecule has 0 aliphatic carbocycles. The van der Waals surface area contributed by atoms with Gasteiger partial charge < -0.3 is 14.8 Å². The lowest BCUT2D eigenvalue weighted by molar-refractivity contribution is 0.102. The number of benzene rings is 2. The standard InChI is InChI=1S/C24H21N7O4/c1-14-12-19(26-22(32)16-10-7-11-18(34-2)20(16)35-3)31(29-14)24-27-21-17(23(33)28-24)13-25-30(21)15-8-5-4-6-9-15/h4-13H,1-3H3,(H,26,32)(H,27,28,33). The van der Waals surface area contributed by atoms with Crippen LogP contribution in [-0.2, 0) is 0 Å². The minimum atomic E-state index is -0.445. The zero-order chi connectivity index (χ0) is 24.5. The molecule has 0 bridgehead atoms. The highest BCUT2D eigenvalue weighted by molar-refractivity contribution is 6.06. The average Bonchev–Trinajstić information content (AvgIpc) is 3.47. The second-order valence-corrected chi connectivity index (χ2v) is 7.60. The highest BCUT2D eigenvalue weighted by Gasteiger charge is 2.20. The minimum absolute atomic E-state index is 0.126. The number of carbonyl (C=O) groups is 1. The smallest absolute Gasteiger partial charge is 0.263 e. The molecular formula is C24H21N7O4. The lowest BCUT2D eigenvalue weighted by Gasteiger charge is -2.13. The van der Waals surface area contributed by atoms with E-state index in [4.69, 9.17) is 9.47 Å². The number of carbonyl (C=O) groups excluding carboxylic acids is 1. The topological polar surface area (TPSA) is 129 Å². The summed E-state index contributed by atoms with van der Waals surface area (Å²) in [6, 6.07) is 16.0. The fourth-order valence-electron chi connectivity index (χ4n) is 3.76. The average molecular weight is 471 g/mol. The van der Waals surface area contributed by atoms with Crippen LogP contribution >= 0.6 is 0 Å². The Balaban J connectivity index is 1.58. The number of anilines is 1. The van der Waals surface area contributed by atoms with Gasteiger partial charge in [0, 0.05) is 6.07 Å². The van der Waals surface area contributed by atoms with Gasteiger partial charge in [-0.25, -0.2) is 4.68 Å². The molecule has 0 radical (unpaired) electrons. The monoisotopic (exact) mass is 471 g/mol. The molecule has 0 fully saturated rings. The van der Waals surface area contributed by atoms with Crippen molar-refractivity contribution >= 4 is 22.8 Å². The number of H-pyrrole nitrogens is 1. The van der Waals surface area contributed by atoms with Gasteiger partial charge in [-0.2, -0.15) is 19.9 Å². The lowest BCUT2D eigenvalue weighted by atomic mass is 10.1. The molecule has 0 unspecified atom stereocenters. The van der Waals surface area contributed by atoms with Crippen LogP contribution < -0.4 is 20.3 Å². The van der Waals surface area contributed by atoms with Crippen LogP contribution in [0.1, 0.15) is 16.1 Å². The number of methoxy groups -OCH3 is 2. The van der Waals surface area contributed by atoms with E-state index in [9.17, 15) is 9.59 Å². The molecule has 11 nitrogen and oxygen atoms in total. The Kier molecular flexibility index (Phi) is 5.49. The van der Waals surface area contributed by atoms with Crippen molar-refractivity contribution in [1.29, 1.82) is 0 Å². The molecule has 3 heterocycles. The molecule has 0 saturated heterocycles. The van der Waals surface area contributed by atoms with E-state index in [1.807, 2.05) is 30.3 Å². The number of para-hydroxylation sites is 2. The number of hydrogen-bond donors (Lipinski definition) is 2. The Morgan fingerprint density at radius 3 is 2.57 bits per heavy atom. The molecule has 2 N–H and O–H groups in total. The molecule has 0 spiro atoms. The summed E-state index contributed by atoms with van der Waals surface area (Å²) >= 11 is 0. The number of ether oxygens (including phenoxy) is 2. The molecule has 0 aliphatic heterocycles. The van der Waals surface area contributed by atoms with Gasteiger partial charge in [-0.1, -0.05) is 24.3 Å². The SMILES string of the molecule is COc1cccc(C(=O)Nc2cc(C)nn2-c2nc3c(cnn3-c3ccccc3)c(=O)[nH]2)c1OC. The largest absolute Gasteiger partial charge is 0.493 e. The van der Waals surface area contributed by atoms with E-state index < -0.39 is 5.91 Å². The summed E-state index contributed by atoms with van der Waals surface area (Å²) in [5, 5.41) is 11.9.